The molecule has 59 heavy (non-hydrogen) atoms. The van der Waals surface area contributed by atoms with Crippen molar-refractivity contribution in [3.63, 3.8) is 0 Å². The molecule has 2 saturated heterocycles. The minimum absolute atomic E-state index is 0.0716. The molecule has 0 radical (unpaired) electrons. The fourth-order valence-corrected chi connectivity index (χ4v) is 7.38. The number of imidazole rings is 1. The van der Waals surface area contributed by atoms with Crippen LogP contribution in [0.5, 0.6) is 0 Å². The normalized spacial score (nSPS) is 17.3. The first kappa shape index (κ1) is 43.4. The number of benzene rings is 3. The molecule has 0 unspecified atom stereocenters. The lowest BCUT2D eigenvalue weighted by molar-refractivity contribution is -0.118. The Morgan fingerprint density at radius 3 is 2.17 bits per heavy atom. The summed E-state index contributed by atoms with van der Waals surface area (Å²) in [4.78, 5) is 48.2. The Hall–Kier alpha value is -5.21. The van der Waals surface area contributed by atoms with Gasteiger partial charge in [-0.25, -0.2) is 9.37 Å². The third kappa shape index (κ3) is 10.7. The number of carbonyl (C=O) groups is 3. The maximum absolute atomic E-state index is 13.4. The zero-order valence-corrected chi connectivity index (χ0v) is 35.3. The van der Waals surface area contributed by atoms with E-state index in [4.69, 9.17) is 9.31 Å². The maximum atomic E-state index is 13.4. The van der Waals surface area contributed by atoms with Gasteiger partial charge in [-0.2, -0.15) is 0 Å². The smallest absolute Gasteiger partial charge is 0.399 e. The molecule has 0 saturated carbocycles. The fourth-order valence-electron chi connectivity index (χ4n) is 7.38. The summed E-state index contributed by atoms with van der Waals surface area (Å²) in [7, 11) is 1.25. The minimum Gasteiger partial charge on any atom is -0.399 e. The summed E-state index contributed by atoms with van der Waals surface area (Å²) in [6.45, 7) is 19.1. The molecule has 2 N–H and O–H groups in total. The highest BCUT2D eigenvalue weighted by Crippen LogP contribution is 2.36. The van der Waals surface area contributed by atoms with E-state index in [-0.39, 0.29) is 41.4 Å². The van der Waals surface area contributed by atoms with Gasteiger partial charge in [0.2, 0.25) is 0 Å². The van der Waals surface area contributed by atoms with E-state index in [0.29, 0.717) is 28.7 Å². The van der Waals surface area contributed by atoms with Crippen molar-refractivity contribution in [2.45, 2.75) is 78.2 Å². The topological polar surface area (TPSA) is 118 Å². The number of nitrogens with zero attached hydrogens (tertiary/aromatic N) is 4. The van der Waals surface area contributed by atoms with Crippen molar-refractivity contribution < 1.29 is 28.1 Å². The molecule has 1 aromatic heterocycles. The average Bonchev–Trinajstić information content (AvgIpc) is 3.72. The SMILES string of the molecule is CN/C(=C\c1cccc(C(=O)c2ccc(F)cc2)c1)C(=O)N/C(C=O)=C\c1ncn(CCCN2CCN(Cc3ccc(B4OC(C)(C)C(C)(C)O4)cc3)CC2)c1C(C)C. The molecule has 13 heteroatoms. The predicted octanol–water partition coefficient (Wildman–Crippen LogP) is 5.80. The lowest BCUT2D eigenvalue weighted by atomic mass is 9.79. The Labute approximate surface area is 347 Å². The number of aromatic nitrogens is 2. The van der Waals surface area contributed by atoms with Gasteiger partial charge in [-0.3, -0.25) is 19.3 Å². The zero-order chi connectivity index (χ0) is 42.3. The van der Waals surface area contributed by atoms with Crippen LogP contribution in [0.25, 0.3) is 12.2 Å². The average molecular weight is 803 g/mol. The second kappa shape index (κ2) is 18.8. The summed E-state index contributed by atoms with van der Waals surface area (Å²) in [6, 6.07) is 20.7. The van der Waals surface area contributed by atoms with Crippen molar-refractivity contribution in [2.24, 2.45) is 0 Å². The molecule has 2 fully saturated rings. The van der Waals surface area contributed by atoms with E-state index < -0.39 is 11.7 Å². The second-order valence-electron chi connectivity index (χ2n) is 16.6. The van der Waals surface area contributed by atoms with Crippen molar-refractivity contribution >= 4 is 42.7 Å². The molecule has 0 bridgehead atoms. The van der Waals surface area contributed by atoms with Crippen LogP contribution in [-0.4, -0.2) is 95.4 Å². The van der Waals surface area contributed by atoms with Crippen LogP contribution in [0.1, 0.15) is 92.3 Å². The quantitative estimate of drug-likeness (QED) is 0.0628. The van der Waals surface area contributed by atoms with Crippen LogP contribution in [0.15, 0.2) is 90.5 Å². The number of ketones is 1. The fraction of sp³-hybridized carbons (Fsp3) is 0.391. The first-order chi connectivity index (χ1) is 28.2. The van der Waals surface area contributed by atoms with E-state index in [1.807, 2.05) is 0 Å². The van der Waals surface area contributed by atoms with Crippen molar-refractivity contribution in [1.82, 2.24) is 30.0 Å². The van der Waals surface area contributed by atoms with Gasteiger partial charge in [0.15, 0.2) is 12.1 Å². The molecule has 3 aromatic carbocycles. The van der Waals surface area contributed by atoms with Crippen LogP contribution in [0.3, 0.4) is 0 Å². The van der Waals surface area contributed by atoms with Crippen molar-refractivity contribution in [3.05, 3.63) is 130 Å². The Bertz CT molecular complexity index is 2160. The third-order valence-corrected chi connectivity index (χ3v) is 11.5. The Morgan fingerprint density at radius 1 is 0.881 bits per heavy atom. The summed E-state index contributed by atoms with van der Waals surface area (Å²) in [6.07, 6.45) is 6.56. The van der Waals surface area contributed by atoms with Gasteiger partial charge in [-0.15, -0.1) is 0 Å². The molecule has 0 aliphatic carbocycles. The van der Waals surface area contributed by atoms with Crippen molar-refractivity contribution in [1.29, 1.82) is 0 Å². The largest absolute Gasteiger partial charge is 0.494 e. The van der Waals surface area contributed by atoms with Crippen molar-refractivity contribution in [2.75, 3.05) is 39.8 Å². The lowest BCUT2D eigenvalue weighted by Gasteiger charge is -2.34. The highest BCUT2D eigenvalue weighted by atomic mass is 19.1. The first-order valence-corrected chi connectivity index (χ1v) is 20.4. The molecule has 2 aliphatic rings. The summed E-state index contributed by atoms with van der Waals surface area (Å²) in [5.74, 6) is -1.09. The number of rotatable bonds is 16. The van der Waals surface area contributed by atoms with Gasteiger partial charge in [0.1, 0.15) is 11.5 Å². The molecule has 4 aromatic rings. The van der Waals surface area contributed by atoms with Gasteiger partial charge in [0.25, 0.3) is 5.91 Å². The molecule has 3 heterocycles. The number of hydrogen-bond acceptors (Lipinski definition) is 9. The molecule has 6 rings (SSSR count). The molecular formula is C46H56BFN6O5. The number of likely N-dealkylation sites (N-methyl/N-ethyl adjacent to an activating group) is 1. The van der Waals surface area contributed by atoms with Crippen LogP contribution in [0.2, 0.25) is 0 Å². The number of halogens is 1. The van der Waals surface area contributed by atoms with E-state index in [9.17, 15) is 18.8 Å². The molecule has 310 valence electrons. The minimum atomic E-state index is -0.525. The molecule has 11 nitrogen and oxygen atoms in total. The Morgan fingerprint density at radius 2 is 1.54 bits per heavy atom. The van der Waals surface area contributed by atoms with E-state index in [1.165, 1.54) is 29.8 Å². The monoisotopic (exact) mass is 802 g/mol. The number of aryl methyl sites for hydroxylation is 1. The van der Waals surface area contributed by atoms with Crippen LogP contribution >= 0.6 is 0 Å². The van der Waals surface area contributed by atoms with Gasteiger partial charge in [0.05, 0.1) is 28.9 Å². The molecule has 2 aliphatic heterocycles. The lowest BCUT2D eigenvalue weighted by Crippen LogP contribution is -2.46. The van der Waals surface area contributed by atoms with E-state index in [2.05, 4.69) is 95.8 Å². The second-order valence-corrected chi connectivity index (χ2v) is 16.6. The molecule has 1 amide bonds. The van der Waals surface area contributed by atoms with Crippen LogP contribution in [-0.2, 0) is 32.0 Å². The zero-order valence-electron chi connectivity index (χ0n) is 35.3. The summed E-state index contributed by atoms with van der Waals surface area (Å²) >= 11 is 0. The van der Waals surface area contributed by atoms with Crippen LogP contribution < -0.4 is 16.1 Å². The van der Waals surface area contributed by atoms with Crippen LogP contribution in [0, 0.1) is 5.82 Å². The number of amides is 1. The standard InChI is InChI=1S/C46H56BFN6O5/c1-32(2)42-40(28-39(30-55)51-44(57)41(49-7)27-34-10-8-11-36(26-34)43(56)35-14-18-38(48)19-15-35)50-31-54(42)21-9-20-52-22-24-53(25-23-52)29-33-12-16-37(17-13-33)47-58-45(3,4)46(5,6)59-47/h8,10-19,26-28,30-32,49H,9,20-25,29H2,1-7H3,(H,51,57)/b39-28-,41-27-. The van der Waals surface area contributed by atoms with Crippen molar-refractivity contribution in [3.8, 4) is 0 Å². The summed E-state index contributed by atoms with van der Waals surface area (Å²) in [5, 5.41) is 5.59. The number of allylic oxidation sites excluding steroid dienone is 1. The Balaban J connectivity index is 1.000. The Kier molecular flexibility index (Phi) is 13.8. The summed E-state index contributed by atoms with van der Waals surface area (Å²) in [5.41, 5.74) is 4.82. The predicted molar refractivity (Wildman–Crippen MR) is 230 cm³/mol. The first-order valence-electron chi connectivity index (χ1n) is 20.4. The number of carbonyl (C=O) groups excluding carboxylic acids is 3. The van der Waals surface area contributed by atoms with E-state index in [1.54, 1.807) is 49.8 Å². The van der Waals surface area contributed by atoms with Gasteiger partial charge >= 0.3 is 7.12 Å². The highest BCUT2D eigenvalue weighted by molar-refractivity contribution is 6.62. The van der Waals surface area contributed by atoms with Crippen LogP contribution in [0.4, 0.5) is 4.39 Å². The maximum Gasteiger partial charge on any atom is 0.494 e. The number of aldehydes is 1. The van der Waals surface area contributed by atoms with Gasteiger partial charge in [-0.05, 0) is 106 Å². The van der Waals surface area contributed by atoms with Gasteiger partial charge in [-0.1, -0.05) is 56.3 Å². The molecular weight excluding hydrogens is 746 g/mol. The number of hydrogen-bond donors (Lipinski definition) is 2. The third-order valence-electron chi connectivity index (χ3n) is 11.5. The number of piperazine rings is 1. The van der Waals surface area contributed by atoms with E-state index >= 15 is 0 Å². The van der Waals surface area contributed by atoms with E-state index in [0.717, 1.165) is 63.4 Å². The van der Waals surface area contributed by atoms with Gasteiger partial charge in [0, 0.05) is 63.1 Å². The highest BCUT2D eigenvalue weighted by Gasteiger charge is 2.51. The van der Waals surface area contributed by atoms with Gasteiger partial charge < -0.3 is 29.4 Å². The molecule has 0 atom stereocenters. The molecule has 0 spiro atoms. The number of nitrogens with one attached hydrogen (secondary N) is 2. The summed E-state index contributed by atoms with van der Waals surface area (Å²) < 4.78 is 28.0.